The van der Waals surface area contributed by atoms with Crippen LogP contribution in [0.4, 0.5) is 0 Å². The van der Waals surface area contributed by atoms with Gasteiger partial charge in [-0.25, -0.2) is 0 Å². The van der Waals surface area contributed by atoms with Crippen LogP contribution in [0.3, 0.4) is 0 Å². The van der Waals surface area contributed by atoms with E-state index >= 15 is 0 Å². The smallest absolute Gasteiger partial charge is 0.0796 e. The Balaban J connectivity index is 2.47. The SMILES string of the molecule is CCCCCCC(C)(CCCCCC)n1nccn1. The normalized spacial score (nSPS) is 11.9. The third-order valence-electron chi connectivity index (χ3n) is 4.04. The van der Waals surface area contributed by atoms with Gasteiger partial charge < -0.3 is 0 Å². The summed E-state index contributed by atoms with van der Waals surface area (Å²) >= 11 is 0. The van der Waals surface area contributed by atoms with E-state index < -0.39 is 0 Å². The Morgan fingerprint density at radius 3 is 1.68 bits per heavy atom. The summed E-state index contributed by atoms with van der Waals surface area (Å²) < 4.78 is 0. The molecule has 0 N–H and O–H groups in total. The van der Waals surface area contributed by atoms with E-state index in [1.807, 2.05) is 4.80 Å². The molecule has 0 atom stereocenters. The van der Waals surface area contributed by atoms with Gasteiger partial charge in [-0.05, 0) is 19.8 Å². The minimum absolute atomic E-state index is 0.116. The summed E-state index contributed by atoms with van der Waals surface area (Å²) in [6.07, 6.45) is 16.6. The van der Waals surface area contributed by atoms with Crippen molar-refractivity contribution in [3.63, 3.8) is 0 Å². The molecule has 0 unspecified atom stereocenters. The van der Waals surface area contributed by atoms with Crippen LogP contribution in [0.2, 0.25) is 0 Å². The number of rotatable bonds is 11. The molecular weight excluding hydrogens is 234 g/mol. The Hall–Kier alpha value is -0.860. The molecule has 3 nitrogen and oxygen atoms in total. The number of hydrogen-bond acceptors (Lipinski definition) is 2. The minimum atomic E-state index is 0.116. The van der Waals surface area contributed by atoms with Gasteiger partial charge in [0.1, 0.15) is 0 Å². The van der Waals surface area contributed by atoms with Gasteiger partial charge in [0.2, 0.25) is 0 Å². The van der Waals surface area contributed by atoms with Crippen LogP contribution in [0.25, 0.3) is 0 Å². The molecule has 0 fully saturated rings. The van der Waals surface area contributed by atoms with E-state index in [0.717, 1.165) is 0 Å². The summed E-state index contributed by atoms with van der Waals surface area (Å²) in [7, 11) is 0. The Morgan fingerprint density at radius 2 is 1.26 bits per heavy atom. The van der Waals surface area contributed by atoms with Crippen molar-refractivity contribution < 1.29 is 0 Å². The quantitative estimate of drug-likeness (QED) is 0.531. The monoisotopic (exact) mass is 265 g/mol. The highest BCUT2D eigenvalue weighted by Crippen LogP contribution is 2.28. The molecule has 0 aliphatic carbocycles. The van der Waals surface area contributed by atoms with E-state index in [1.165, 1.54) is 64.2 Å². The first-order chi connectivity index (χ1) is 9.23. The van der Waals surface area contributed by atoms with Crippen molar-refractivity contribution >= 4 is 0 Å². The van der Waals surface area contributed by atoms with E-state index in [-0.39, 0.29) is 5.54 Å². The van der Waals surface area contributed by atoms with Gasteiger partial charge in [0.05, 0.1) is 17.9 Å². The van der Waals surface area contributed by atoms with Gasteiger partial charge in [0, 0.05) is 0 Å². The van der Waals surface area contributed by atoms with Crippen LogP contribution in [0.5, 0.6) is 0 Å². The summed E-state index contributed by atoms with van der Waals surface area (Å²) in [4.78, 5) is 1.95. The highest BCUT2D eigenvalue weighted by atomic mass is 15.5. The first-order valence-electron chi connectivity index (χ1n) is 8.09. The van der Waals surface area contributed by atoms with Crippen LogP contribution in [0.15, 0.2) is 12.4 Å². The lowest BCUT2D eigenvalue weighted by molar-refractivity contribution is 0.201. The van der Waals surface area contributed by atoms with E-state index in [2.05, 4.69) is 31.0 Å². The largest absolute Gasteiger partial charge is 0.179 e. The maximum absolute atomic E-state index is 4.39. The van der Waals surface area contributed by atoms with E-state index in [4.69, 9.17) is 0 Å². The molecule has 19 heavy (non-hydrogen) atoms. The van der Waals surface area contributed by atoms with E-state index in [9.17, 15) is 0 Å². The van der Waals surface area contributed by atoms with Crippen molar-refractivity contribution in [3.8, 4) is 0 Å². The lowest BCUT2D eigenvalue weighted by Crippen LogP contribution is -2.32. The fraction of sp³-hybridized carbons (Fsp3) is 0.875. The molecule has 1 aromatic heterocycles. The Kier molecular flexibility index (Phi) is 7.76. The van der Waals surface area contributed by atoms with Crippen LogP contribution in [-0.2, 0) is 5.54 Å². The molecule has 0 aromatic carbocycles. The zero-order valence-electron chi connectivity index (χ0n) is 13.1. The van der Waals surface area contributed by atoms with E-state index in [0.29, 0.717) is 0 Å². The summed E-state index contributed by atoms with van der Waals surface area (Å²) in [6.45, 7) is 6.85. The van der Waals surface area contributed by atoms with Crippen molar-refractivity contribution in [1.82, 2.24) is 15.0 Å². The fourth-order valence-electron chi connectivity index (χ4n) is 2.68. The van der Waals surface area contributed by atoms with Gasteiger partial charge in [-0.15, -0.1) is 0 Å². The number of unbranched alkanes of at least 4 members (excludes halogenated alkanes) is 6. The zero-order valence-corrected chi connectivity index (χ0v) is 13.1. The number of nitrogens with zero attached hydrogens (tertiary/aromatic N) is 3. The summed E-state index contributed by atoms with van der Waals surface area (Å²) in [6, 6.07) is 0. The van der Waals surface area contributed by atoms with Gasteiger partial charge in [-0.2, -0.15) is 15.0 Å². The van der Waals surface area contributed by atoms with Crippen molar-refractivity contribution in [2.45, 2.75) is 90.5 Å². The lowest BCUT2D eigenvalue weighted by atomic mass is 9.89. The molecule has 0 saturated heterocycles. The second-order valence-corrected chi connectivity index (χ2v) is 5.94. The zero-order chi connectivity index (χ0) is 14.0. The predicted molar refractivity (Wildman–Crippen MR) is 81.2 cm³/mol. The molecule has 0 aliphatic heterocycles. The molecule has 0 saturated carbocycles. The molecule has 3 heteroatoms. The van der Waals surface area contributed by atoms with Crippen LogP contribution >= 0.6 is 0 Å². The van der Waals surface area contributed by atoms with Crippen LogP contribution in [0, 0.1) is 0 Å². The Bertz CT molecular complexity index is 294. The highest BCUT2D eigenvalue weighted by molar-refractivity contribution is 4.79. The topological polar surface area (TPSA) is 30.7 Å². The molecule has 1 rings (SSSR count). The Morgan fingerprint density at radius 1 is 0.789 bits per heavy atom. The first kappa shape index (κ1) is 16.2. The molecule has 1 aromatic rings. The van der Waals surface area contributed by atoms with Crippen LogP contribution in [-0.4, -0.2) is 15.0 Å². The van der Waals surface area contributed by atoms with Gasteiger partial charge in [-0.1, -0.05) is 65.2 Å². The second kappa shape index (κ2) is 9.11. The van der Waals surface area contributed by atoms with Gasteiger partial charge in [0.15, 0.2) is 0 Å². The molecule has 0 bridgehead atoms. The van der Waals surface area contributed by atoms with Crippen LogP contribution < -0.4 is 0 Å². The van der Waals surface area contributed by atoms with Gasteiger partial charge in [-0.3, -0.25) is 0 Å². The fourth-order valence-corrected chi connectivity index (χ4v) is 2.68. The predicted octanol–water partition coefficient (Wildman–Crippen LogP) is 4.93. The minimum Gasteiger partial charge on any atom is -0.179 e. The molecule has 0 spiro atoms. The van der Waals surface area contributed by atoms with Crippen molar-refractivity contribution in [2.75, 3.05) is 0 Å². The van der Waals surface area contributed by atoms with Crippen LogP contribution in [0.1, 0.15) is 85.0 Å². The Labute approximate surface area is 118 Å². The third-order valence-corrected chi connectivity index (χ3v) is 4.04. The maximum Gasteiger partial charge on any atom is 0.0796 e. The van der Waals surface area contributed by atoms with Crippen molar-refractivity contribution in [3.05, 3.63) is 12.4 Å². The molecule has 0 aliphatic rings. The average molecular weight is 265 g/mol. The van der Waals surface area contributed by atoms with E-state index in [1.54, 1.807) is 12.4 Å². The lowest BCUT2D eigenvalue weighted by Gasteiger charge is -2.29. The summed E-state index contributed by atoms with van der Waals surface area (Å²) in [5, 5.41) is 8.78. The van der Waals surface area contributed by atoms with Crippen molar-refractivity contribution in [1.29, 1.82) is 0 Å². The molecule has 1 heterocycles. The standard InChI is InChI=1S/C16H31N3/c1-4-6-8-10-12-16(3,13-11-9-7-5-2)19-17-14-15-18-19/h14-15H,4-13H2,1-3H3. The molecule has 110 valence electrons. The van der Waals surface area contributed by atoms with Crippen molar-refractivity contribution in [2.24, 2.45) is 0 Å². The third kappa shape index (κ3) is 5.75. The van der Waals surface area contributed by atoms with Gasteiger partial charge in [0.25, 0.3) is 0 Å². The molecule has 0 amide bonds. The highest BCUT2D eigenvalue weighted by Gasteiger charge is 2.27. The second-order valence-electron chi connectivity index (χ2n) is 5.94. The maximum atomic E-state index is 4.39. The number of hydrogen-bond donors (Lipinski definition) is 0. The molecule has 0 radical (unpaired) electrons. The summed E-state index contributed by atoms with van der Waals surface area (Å²) in [5.74, 6) is 0. The molecular formula is C16H31N3. The average Bonchev–Trinajstić information content (AvgIpc) is 2.95. The van der Waals surface area contributed by atoms with Gasteiger partial charge >= 0.3 is 0 Å². The first-order valence-corrected chi connectivity index (χ1v) is 8.09. The number of aromatic nitrogens is 3. The summed E-state index contributed by atoms with van der Waals surface area (Å²) in [5.41, 5.74) is 0.116.